The van der Waals surface area contributed by atoms with Gasteiger partial charge >= 0.3 is 0 Å². The van der Waals surface area contributed by atoms with Gasteiger partial charge in [-0.05, 0) is 19.1 Å². The summed E-state index contributed by atoms with van der Waals surface area (Å²) < 4.78 is 2.09. The average Bonchev–Trinajstić information content (AvgIpc) is 2.89. The Morgan fingerprint density at radius 2 is 2.50 bits per heavy atom. The standard InChI is InChI=1S/C11H17N3OS/c1-8-3-4-9(14(8)2)5-12-11(15)10-6-16-7-13-10/h3-4,10,13H,5-7H2,1-2H3,(H,12,15). The van der Waals surface area contributed by atoms with Gasteiger partial charge in [0.2, 0.25) is 5.91 Å². The van der Waals surface area contributed by atoms with Crippen LogP contribution in [0.25, 0.3) is 0 Å². The van der Waals surface area contributed by atoms with Crippen molar-refractivity contribution in [3.05, 3.63) is 23.5 Å². The van der Waals surface area contributed by atoms with E-state index in [0.29, 0.717) is 6.54 Å². The molecule has 1 atom stereocenters. The van der Waals surface area contributed by atoms with Gasteiger partial charge in [-0.15, -0.1) is 11.8 Å². The highest BCUT2D eigenvalue weighted by Gasteiger charge is 2.22. The van der Waals surface area contributed by atoms with Crippen LogP contribution < -0.4 is 10.6 Å². The second-order valence-electron chi connectivity index (χ2n) is 4.01. The lowest BCUT2D eigenvalue weighted by Crippen LogP contribution is -2.41. The van der Waals surface area contributed by atoms with E-state index in [1.54, 1.807) is 11.8 Å². The molecule has 88 valence electrons. The summed E-state index contributed by atoms with van der Waals surface area (Å²) in [7, 11) is 2.01. The SMILES string of the molecule is Cc1ccc(CNC(=O)C2CSCN2)n1C. The smallest absolute Gasteiger partial charge is 0.238 e. The maximum atomic E-state index is 11.7. The number of hydrogen-bond acceptors (Lipinski definition) is 3. The van der Waals surface area contributed by atoms with Crippen molar-refractivity contribution in [1.82, 2.24) is 15.2 Å². The molecule has 1 unspecified atom stereocenters. The van der Waals surface area contributed by atoms with Gasteiger partial charge < -0.3 is 9.88 Å². The van der Waals surface area contributed by atoms with Crippen molar-refractivity contribution in [3.63, 3.8) is 0 Å². The Kier molecular flexibility index (Phi) is 3.56. The molecule has 16 heavy (non-hydrogen) atoms. The molecule has 1 aromatic rings. The maximum Gasteiger partial charge on any atom is 0.238 e. The van der Waals surface area contributed by atoms with E-state index in [9.17, 15) is 4.79 Å². The van der Waals surface area contributed by atoms with Crippen LogP contribution in [0.4, 0.5) is 0 Å². The average molecular weight is 239 g/mol. The first-order valence-corrected chi connectivity index (χ1v) is 6.54. The summed E-state index contributed by atoms with van der Waals surface area (Å²) in [6.45, 7) is 2.66. The van der Waals surface area contributed by atoms with Crippen molar-refractivity contribution in [2.24, 2.45) is 7.05 Å². The minimum Gasteiger partial charge on any atom is -0.350 e. The van der Waals surface area contributed by atoms with Crippen LogP contribution in [0.3, 0.4) is 0 Å². The van der Waals surface area contributed by atoms with Gasteiger partial charge in [0.1, 0.15) is 0 Å². The third-order valence-electron chi connectivity index (χ3n) is 2.95. The zero-order chi connectivity index (χ0) is 11.5. The number of amides is 1. The van der Waals surface area contributed by atoms with Gasteiger partial charge in [-0.2, -0.15) is 0 Å². The monoisotopic (exact) mass is 239 g/mol. The number of nitrogens with one attached hydrogen (secondary N) is 2. The summed E-state index contributed by atoms with van der Waals surface area (Å²) in [6.07, 6.45) is 0. The molecule has 0 bridgehead atoms. The fraction of sp³-hybridized carbons (Fsp3) is 0.545. The molecule has 0 aliphatic carbocycles. The molecule has 0 aromatic carbocycles. The summed E-state index contributed by atoms with van der Waals surface area (Å²) >= 11 is 1.76. The van der Waals surface area contributed by atoms with Crippen LogP contribution in [0, 0.1) is 6.92 Å². The highest BCUT2D eigenvalue weighted by atomic mass is 32.2. The molecule has 5 heteroatoms. The molecule has 1 amide bonds. The molecule has 2 rings (SSSR count). The highest BCUT2D eigenvalue weighted by molar-refractivity contribution is 7.99. The van der Waals surface area contributed by atoms with Crippen molar-refractivity contribution in [2.45, 2.75) is 19.5 Å². The van der Waals surface area contributed by atoms with E-state index in [4.69, 9.17) is 0 Å². The lowest BCUT2D eigenvalue weighted by atomic mass is 10.3. The fourth-order valence-electron chi connectivity index (χ4n) is 1.71. The summed E-state index contributed by atoms with van der Waals surface area (Å²) in [5, 5.41) is 6.12. The van der Waals surface area contributed by atoms with Crippen LogP contribution >= 0.6 is 11.8 Å². The Bertz CT molecular complexity index is 383. The van der Waals surface area contributed by atoms with Crippen molar-refractivity contribution in [1.29, 1.82) is 0 Å². The maximum absolute atomic E-state index is 11.7. The minimum absolute atomic E-state index is 0.0219. The van der Waals surface area contributed by atoms with E-state index in [-0.39, 0.29) is 11.9 Å². The van der Waals surface area contributed by atoms with Gasteiger partial charge in [-0.25, -0.2) is 0 Å². The third kappa shape index (κ3) is 2.41. The number of rotatable bonds is 3. The van der Waals surface area contributed by atoms with E-state index >= 15 is 0 Å². The first-order valence-electron chi connectivity index (χ1n) is 5.38. The van der Waals surface area contributed by atoms with Crippen LogP contribution in [0.1, 0.15) is 11.4 Å². The van der Waals surface area contributed by atoms with Gasteiger partial charge in [-0.1, -0.05) is 0 Å². The number of nitrogens with zero attached hydrogens (tertiary/aromatic N) is 1. The van der Waals surface area contributed by atoms with E-state index in [1.807, 2.05) is 13.1 Å². The van der Waals surface area contributed by atoms with Crippen LogP contribution in [0.2, 0.25) is 0 Å². The van der Waals surface area contributed by atoms with E-state index in [2.05, 4.69) is 28.2 Å². The topological polar surface area (TPSA) is 46.1 Å². The molecule has 1 aliphatic rings. The molecule has 1 aromatic heterocycles. The molecule has 1 saturated heterocycles. The zero-order valence-corrected chi connectivity index (χ0v) is 10.4. The minimum atomic E-state index is -0.0219. The fourth-order valence-corrected chi connectivity index (χ4v) is 2.65. The molecular formula is C11H17N3OS. The van der Waals surface area contributed by atoms with Crippen molar-refractivity contribution < 1.29 is 4.79 Å². The van der Waals surface area contributed by atoms with Gasteiger partial charge in [0, 0.05) is 30.1 Å². The zero-order valence-electron chi connectivity index (χ0n) is 9.62. The van der Waals surface area contributed by atoms with E-state index in [0.717, 1.165) is 17.3 Å². The van der Waals surface area contributed by atoms with Crippen LogP contribution in [-0.4, -0.2) is 28.1 Å². The quantitative estimate of drug-likeness (QED) is 0.812. The van der Waals surface area contributed by atoms with Crippen LogP contribution in [0.15, 0.2) is 12.1 Å². The summed E-state index contributed by atoms with van der Waals surface area (Å²) in [4.78, 5) is 11.7. The van der Waals surface area contributed by atoms with Gasteiger partial charge in [0.05, 0.1) is 12.6 Å². The summed E-state index contributed by atoms with van der Waals surface area (Å²) in [5.41, 5.74) is 2.34. The van der Waals surface area contributed by atoms with Crippen molar-refractivity contribution in [2.75, 3.05) is 11.6 Å². The number of aryl methyl sites for hydroxylation is 1. The lowest BCUT2D eigenvalue weighted by Gasteiger charge is -2.11. The normalized spacial score (nSPS) is 20.0. The molecule has 4 nitrogen and oxygen atoms in total. The predicted octanol–water partition coefficient (Wildman–Crippen LogP) is 0.612. The second kappa shape index (κ2) is 4.93. The van der Waals surface area contributed by atoms with Crippen molar-refractivity contribution >= 4 is 17.7 Å². The molecule has 0 spiro atoms. The number of hydrogen-bond donors (Lipinski definition) is 2. The third-order valence-corrected chi connectivity index (χ3v) is 3.89. The Balaban J connectivity index is 1.87. The predicted molar refractivity (Wildman–Crippen MR) is 66.2 cm³/mol. The summed E-state index contributed by atoms with van der Waals surface area (Å²) in [6, 6.07) is 4.09. The van der Waals surface area contributed by atoms with Gasteiger partial charge in [0.15, 0.2) is 0 Å². The second-order valence-corrected chi connectivity index (χ2v) is 5.04. The Morgan fingerprint density at radius 1 is 1.69 bits per heavy atom. The first kappa shape index (κ1) is 11.5. The molecule has 0 saturated carbocycles. The Hall–Kier alpha value is -0.940. The molecule has 0 radical (unpaired) electrons. The Morgan fingerprint density at radius 3 is 3.06 bits per heavy atom. The number of aromatic nitrogens is 1. The highest BCUT2D eigenvalue weighted by Crippen LogP contribution is 2.10. The number of carbonyl (C=O) groups excluding carboxylic acids is 1. The largest absolute Gasteiger partial charge is 0.350 e. The van der Waals surface area contributed by atoms with Crippen LogP contribution in [-0.2, 0) is 18.4 Å². The number of thioether (sulfide) groups is 1. The molecule has 1 aliphatic heterocycles. The van der Waals surface area contributed by atoms with E-state index in [1.165, 1.54) is 5.69 Å². The molecule has 2 heterocycles. The molecule has 1 fully saturated rings. The number of carbonyl (C=O) groups is 1. The Labute approximate surface area is 99.8 Å². The van der Waals surface area contributed by atoms with E-state index < -0.39 is 0 Å². The first-order chi connectivity index (χ1) is 7.68. The van der Waals surface area contributed by atoms with Crippen LogP contribution in [0.5, 0.6) is 0 Å². The van der Waals surface area contributed by atoms with Crippen molar-refractivity contribution in [3.8, 4) is 0 Å². The van der Waals surface area contributed by atoms with Gasteiger partial charge in [0.25, 0.3) is 0 Å². The molecule has 2 N–H and O–H groups in total. The summed E-state index contributed by atoms with van der Waals surface area (Å²) in [5.74, 6) is 1.85. The molecular weight excluding hydrogens is 222 g/mol. The lowest BCUT2D eigenvalue weighted by molar-refractivity contribution is -0.122. The van der Waals surface area contributed by atoms with Gasteiger partial charge in [-0.3, -0.25) is 10.1 Å².